The van der Waals surface area contributed by atoms with Crippen molar-refractivity contribution in [1.29, 1.82) is 0 Å². The van der Waals surface area contributed by atoms with Crippen molar-refractivity contribution >= 4 is 41.3 Å². The number of ether oxygens (including phenoxy) is 1. The predicted molar refractivity (Wildman–Crippen MR) is 108 cm³/mol. The standard InChI is InChI=1S/C16H22N4OS.HI/c1-17-16(18-9-6-10-21-2)19-11-14-12-22-15(20-14)13-7-4-3-5-8-13;/h3-5,7-8,12H,6,9-11H2,1-2H3,(H2,17,18,19);1H. The zero-order valence-corrected chi connectivity index (χ0v) is 16.6. The molecule has 0 aliphatic carbocycles. The molecule has 2 N–H and O–H groups in total. The van der Waals surface area contributed by atoms with Crippen LogP contribution in [0.3, 0.4) is 0 Å². The number of guanidine groups is 1. The highest BCUT2D eigenvalue weighted by atomic mass is 127. The van der Waals surface area contributed by atoms with Crippen molar-refractivity contribution < 1.29 is 4.74 Å². The second kappa shape index (κ2) is 11.4. The van der Waals surface area contributed by atoms with Crippen LogP contribution in [0.15, 0.2) is 40.7 Å². The molecule has 1 aromatic heterocycles. The molecule has 0 aliphatic heterocycles. The van der Waals surface area contributed by atoms with Gasteiger partial charge in [0.05, 0.1) is 12.2 Å². The fourth-order valence-electron chi connectivity index (χ4n) is 1.92. The van der Waals surface area contributed by atoms with Gasteiger partial charge in [-0.1, -0.05) is 30.3 Å². The molecule has 0 unspecified atom stereocenters. The average Bonchev–Trinajstić information content (AvgIpc) is 3.04. The number of aromatic nitrogens is 1. The van der Waals surface area contributed by atoms with E-state index in [1.165, 1.54) is 0 Å². The molecule has 0 atom stereocenters. The Hall–Kier alpha value is -1.19. The van der Waals surface area contributed by atoms with Gasteiger partial charge in [0.15, 0.2) is 5.96 Å². The zero-order chi connectivity index (χ0) is 15.6. The number of nitrogens with one attached hydrogen (secondary N) is 2. The molecule has 2 rings (SSSR count). The molecular weight excluding hydrogens is 423 g/mol. The molecule has 5 nitrogen and oxygen atoms in total. The molecule has 0 saturated heterocycles. The van der Waals surface area contributed by atoms with E-state index in [1.54, 1.807) is 25.5 Å². The Morgan fingerprint density at radius 3 is 2.74 bits per heavy atom. The molecule has 23 heavy (non-hydrogen) atoms. The first kappa shape index (κ1) is 19.9. The summed E-state index contributed by atoms with van der Waals surface area (Å²) in [7, 11) is 3.47. The van der Waals surface area contributed by atoms with Gasteiger partial charge in [-0.15, -0.1) is 35.3 Å². The molecular formula is C16H23IN4OS. The van der Waals surface area contributed by atoms with Gasteiger partial charge in [-0.2, -0.15) is 0 Å². The molecule has 0 aliphatic rings. The lowest BCUT2D eigenvalue weighted by molar-refractivity contribution is 0.195. The Labute approximate surface area is 158 Å². The summed E-state index contributed by atoms with van der Waals surface area (Å²) in [5, 5.41) is 9.64. The lowest BCUT2D eigenvalue weighted by Gasteiger charge is -2.10. The van der Waals surface area contributed by atoms with Crippen LogP contribution in [0.5, 0.6) is 0 Å². The van der Waals surface area contributed by atoms with Crippen LogP contribution in [-0.4, -0.2) is 38.3 Å². The molecule has 0 spiro atoms. The van der Waals surface area contributed by atoms with Gasteiger partial charge in [0.25, 0.3) is 0 Å². The van der Waals surface area contributed by atoms with Crippen LogP contribution in [0.25, 0.3) is 10.6 Å². The van der Waals surface area contributed by atoms with Crippen LogP contribution in [0.4, 0.5) is 0 Å². The van der Waals surface area contributed by atoms with Crippen molar-refractivity contribution in [2.75, 3.05) is 27.3 Å². The fraction of sp³-hybridized carbons (Fsp3) is 0.375. The van der Waals surface area contributed by atoms with Gasteiger partial charge in [-0.3, -0.25) is 4.99 Å². The lowest BCUT2D eigenvalue weighted by atomic mass is 10.2. The first-order chi connectivity index (χ1) is 10.8. The van der Waals surface area contributed by atoms with Crippen molar-refractivity contribution in [3.05, 3.63) is 41.4 Å². The first-order valence-corrected chi connectivity index (χ1v) is 8.14. The maximum absolute atomic E-state index is 5.02. The van der Waals surface area contributed by atoms with E-state index < -0.39 is 0 Å². The summed E-state index contributed by atoms with van der Waals surface area (Å²) >= 11 is 1.66. The Morgan fingerprint density at radius 2 is 2.04 bits per heavy atom. The molecule has 0 amide bonds. The molecule has 1 aromatic carbocycles. The molecule has 0 bridgehead atoms. The van der Waals surface area contributed by atoms with Gasteiger partial charge in [-0.25, -0.2) is 4.98 Å². The van der Waals surface area contributed by atoms with Gasteiger partial charge in [-0.05, 0) is 6.42 Å². The minimum atomic E-state index is 0. The predicted octanol–water partition coefficient (Wildman–Crippen LogP) is 3.13. The van der Waals surface area contributed by atoms with E-state index in [4.69, 9.17) is 4.74 Å². The van der Waals surface area contributed by atoms with E-state index in [2.05, 4.69) is 38.1 Å². The van der Waals surface area contributed by atoms with Crippen LogP contribution in [0, 0.1) is 0 Å². The first-order valence-electron chi connectivity index (χ1n) is 7.26. The number of benzene rings is 1. The van der Waals surface area contributed by atoms with Crippen LogP contribution < -0.4 is 10.6 Å². The summed E-state index contributed by atoms with van der Waals surface area (Å²) in [5.74, 6) is 0.783. The average molecular weight is 446 g/mol. The smallest absolute Gasteiger partial charge is 0.191 e. The largest absolute Gasteiger partial charge is 0.385 e. The van der Waals surface area contributed by atoms with E-state index in [9.17, 15) is 0 Å². The molecule has 1 heterocycles. The summed E-state index contributed by atoms with van der Waals surface area (Å²) in [6, 6.07) is 10.2. The quantitative estimate of drug-likeness (QED) is 0.297. The Morgan fingerprint density at radius 1 is 1.26 bits per heavy atom. The van der Waals surface area contributed by atoms with Gasteiger partial charge in [0.1, 0.15) is 5.01 Å². The minimum absolute atomic E-state index is 0. The van der Waals surface area contributed by atoms with Crippen LogP contribution >= 0.6 is 35.3 Å². The Balaban J connectivity index is 0.00000264. The number of methoxy groups -OCH3 is 1. The number of aliphatic imine (C=N–C) groups is 1. The van der Waals surface area contributed by atoms with Crippen molar-refractivity contribution in [3.8, 4) is 10.6 Å². The lowest BCUT2D eigenvalue weighted by Crippen LogP contribution is -2.37. The van der Waals surface area contributed by atoms with Crippen molar-refractivity contribution in [2.24, 2.45) is 4.99 Å². The number of thiazole rings is 1. The summed E-state index contributed by atoms with van der Waals surface area (Å²) < 4.78 is 5.02. The molecule has 126 valence electrons. The SMILES string of the molecule is CN=C(NCCCOC)NCc1csc(-c2ccccc2)n1.I. The fourth-order valence-corrected chi connectivity index (χ4v) is 2.75. The highest BCUT2D eigenvalue weighted by Gasteiger charge is 2.05. The maximum atomic E-state index is 5.02. The van der Waals surface area contributed by atoms with Crippen molar-refractivity contribution in [3.63, 3.8) is 0 Å². The second-order valence-electron chi connectivity index (χ2n) is 4.71. The number of hydrogen-bond acceptors (Lipinski definition) is 4. The third-order valence-corrected chi connectivity index (χ3v) is 3.99. The minimum Gasteiger partial charge on any atom is -0.385 e. The number of rotatable bonds is 7. The van der Waals surface area contributed by atoms with E-state index in [-0.39, 0.29) is 24.0 Å². The molecule has 0 saturated carbocycles. The van der Waals surface area contributed by atoms with Gasteiger partial charge < -0.3 is 15.4 Å². The van der Waals surface area contributed by atoms with Crippen molar-refractivity contribution in [2.45, 2.75) is 13.0 Å². The van der Waals surface area contributed by atoms with E-state index in [0.29, 0.717) is 6.54 Å². The molecule has 0 fully saturated rings. The Kier molecular flexibility index (Phi) is 9.81. The third kappa shape index (κ3) is 6.84. The van der Waals surface area contributed by atoms with E-state index in [0.717, 1.165) is 41.8 Å². The Bertz CT molecular complexity index is 589. The molecule has 0 radical (unpaired) electrons. The summed E-state index contributed by atoms with van der Waals surface area (Å²) in [6.07, 6.45) is 0.950. The third-order valence-electron chi connectivity index (χ3n) is 3.05. The summed E-state index contributed by atoms with van der Waals surface area (Å²) in [5.41, 5.74) is 2.17. The monoisotopic (exact) mass is 446 g/mol. The topological polar surface area (TPSA) is 58.5 Å². The number of hydrogen-bond donors (Lipinski definition) is 2. The summed E-state index contributed by atoms with van der Waals surface area (Å²) in [4.78, 5) is 8.84. The van der Waals surface area contributed by atoms with Crippen molar-refractivity contribution in [1.82, 2.24) is 15.6 Å². The van der Waals surface area contributed by atoms with Crippen LogP contribution in [0.1, 0.15) is 12.1 Å². The highest BCUT2D eigenvalue weighted by Crippen LogP contribution is 2.22. The number of halogens is 1. The second-order valence-corrected chi connectivity index (χ2v) is 5.57. The normalized spacial score (nSPS) is 11.0. The van der Waals surface area contributed by atoms with E-state index in [1.807, 2.05) is 18.2 Å². The zero-order valence-electron chi connectivity index (χ0n) is 13.4. The van der Waals surface area contributed by atoms with Crippen LogP contribution in [0.2, 0.25) is 0 Å². The maximum Gasteiger partial charge on any atom is 0.191 e. The summed E-state index contributed by atoms with van der Waals surface area (Å²) in [6.45, 7) is 2.24. The van der Waals surface area contributed by atoms with Gasteiger partial charge in [0, 0.05) is 38.3 Å². The molecule has 2 aromatic rings. The number of nitrogens with zero attached hydrogens (tertiary/aromatic N) is 2. The highest BCUT2D eigenvalue weighted by molar-refractivity contribution is 14.0. The van der Waals surface area contributed by atoms with E-state index >= 15 is 0 Å². The van der Waals surface area contributed by atoms with Gasteiger partial charge in [0.2, 0.25) is 0 Å². The van der Waals surface area contributed by atoms with Gasteiger partial charge >= 0.3 is 0 Å². The van der Waals surface area contributed by atoms with Crippen LogP contribution in [-0.2, 0) is 11.3 Å². The molecule has 7 heteroatoms.